The predicted molar refractivity (Wildman–Crippen MR) is 53.5 cm³/mol. The van der Waals surface area contributed by atoms with Crippen molar-refractivity contribution in [3.8, 4) is 0 Å². The highest BCUT2D eigenvalue weighted by atomic mass is 16.3. The van der Waals surface area contributed by atoms with E-state index in [1.54, 1.807) is 0 Å². The minimum Gasteiger partial charge on any atom is -0.390 e. The van der Waals surface area contributed by atoms with Crippen LogP contribution in [0, 0.1) is 5.92 Å². The van der Waals surface area contributed by atoms with Crippen LogP contribution >= 0.6 is 0 Å². The van der Waals surface area contributed by atoms with Crippen molar-refractivity contribution in [2.75, 3.05) is 0 Å². The van der Waals surface area contributed by atoms with Crippen LogP contribution < -0.4 is 0 Å². The van der Waals surface area contributed by atoms with Gasteiger partial charge in [0.2, 0.25) is 0 Å². The van der Waals surface area contributed by atoms with Crippen LogP contribution in [0.15, 0.2) is 0 Å². The van der Waals surface area contributed by atoms with Crippen molar-refractivity contribution in [1.82, 2.24) is 0 Å². The highest BCUT2D eigenvalue weighted by Gasteiger charge is 2.36. The quantitative estimate of drug-likeness (QED) is 0.616. The number of rotatable bonds is 1. The fourth-order valence-corrected chi connectivity index (χ4v) is 2.09. The van der Waals surface area contributed by atoms with E-state index in [9.17, 15) is 10.2 Å². The second kappa shape index (κ2) is 3.58. The first-order valence-corrected chi connectivity index (χ1v) is 5.30. The van der Waals surface area contributed by atoms with E-state index >= 15 is 0 Å². The van der Waals surface area contributed by atoms with Crippen LogP contribution in [0.1, 0.15) is 52.9 Å². The number of aliphatic hydroxyl groups is 2. The Bertz CT molecular complexity index is 175. The van der Waals surface area contributed by atoms with E-state index in [2.05, 4.69) is 13.8 Å². The van der Waals surface area contributed by atoms with Crippen molar-refractivity contribution in [2.24, 2.45) is 5.92 Å². The maximum absolute atomic E-state index is 10.2. The maximum Gasteiger partial charge on any atom is 0.0671 e. The molecule has 78 valence electrons. The molecule has 1 rings (SSSR count). The topological polar surface area (TPSA) is 40.5 Å². The standard InChI is InChI=1S/C11H22O2/c1-9(2)11(13)6-4-5-10(3,12)7-8-11/h9,12-13H,4-8H2,1-3H3. The van der Waals surface area contributed by atoms with Crippen LogP contribution in [0.25, 0.3) is 0 Å². The molecule has 2 atom stereocenters. The second-order valence-corrected chi connectivity index (χ2v) is 5.11. The highest BCUT2D eigenvalue weighted by Crippen LogP contribution is 2.36. The van der Waals surface area contributed by atoms with Crippen molar-refractivity contribution < 1.29 is 10.2 Å². The Morgan fingerprint density at radius 1 is 1.00 bits per heavy atom. The molecular weight excluding hydrogens is 164 g/mol. The van der Waals surface area contributed by atoms with E-state index in [1.807, 2.05) is 6.92 Å². The molecule has 0 bridgehead atoms. The van der Waals surface area contributed by atoms with E-state index in [1.165, 1.54) is 0 Å². The Balaban J connectivity index is 2.63. The maximum atomic E-state index is 10.2. The average molecular weight is 186 g/mol. The molecule has 0 amide bonds. The molecule has 0 saturated heterocycles. The molecule has 0 aromatic rings. The van der Waals surface area contributed by atoms with Gasteiger partial charge >= 0.3 is 0 Å². The molecule has 1 aliphatic carbocycles. The minimum atomic E-state index is -0.556. The van der Waals surface area contributed by atoms with Crippen molar-refractivity contribution in [1.29, 1.82) is 0 Å². The van der Waals surface area contributed by atoms with E-state index in [0.717, 1.165) is 32.1 Å². The molecule has 2 nitrogen and oxygen atoms in total. The molecule has 2 unspecified atom stereocenters. The summed E-state index contributed by atoms with van der Waals surface area (Å²) in [4.78, 5) is 0. The van der Waals surface area contributed by atoms with Gasteiger partial charge in [0.05, 0.1) is 11.2 Å². The summed E-state index contributed by atoms with van der Waals surface area (Å²) >= 11 is 0. The molecule has 1 aliphatic rings. The first-order valence-electron chi connectivity index (χ1n) is 5.30. The summed E-state index contributed by atoms with van der Waals surface area (Å²) in [5.41, 5.74) is -1.10. The Morgan fingerprint density at radius 2 is 1.62 bits per heavy atom. The predicted octanol–water partition coefficient (Wildman–Crippen LogP) is 2.09. The molecule has 1 fully saturated rings. The van der Waals surface area contributed by atoms with Gasteiger partial charge in [0.25, 0.3) is 0 Å². The average Bonchev–Trinajstić information content (AvgIpc) is 2.12. The Kier molecular flexibility index (Phi) is 3.03. The second-order valence-electron chi connectivity index (χ2n) is 5.11. The first kappa shape index (κ1) is 11.0. The lowest BCUT2D eigenvalue weighted by atomic mass is 9.83. The normalized spacial score (nSPS) is 42.0. The fraction of sp³-hybridized carbons (Fsp3) is 1.00. The van der Waals surface area contributed by atoms with Gasteiger partial charge in [-0.25, -0.2) is 0 Å². The van der Waals surface area contributed by atoms with Crippen LogP contribution in [-0.4, -0.2) is 21.4 Å². The molecule has 13 heavy (non-hydrogen) atoms. The Hall–Kier alpha value is -0.0800. The summed E-state index contributed by atoms with van der Waals surface area (Å²) in [6, 6.07) is 0. The fourth-order valence-electron chi connectivity index (χ4n) is 2.09. The number of hydrogen-bond acceptors (Lipinski definition) is 2. The van der Waals surface area contributed by atoms with E-state index < -0.39 is 11.2 Å². The molecular formula is C11H22O2. The molecule has 1 saturated carbocycles. The van der Waals surface area contributed by atoms with Crippen molar-refractivity contribution >= 4 is 0 Å². The molecule has 2 heteroatoms. The van der Waals surface area contributed by atoms with Gasteiger partial charge in [-0.2, -0.15) is 0 Å². The zero-order valence-electron chi connectivity index (χ0n) is 9.01. The van der Waals surface area contributed by atoms with Crippen LogP contribution in [0.4, 0.5) is 0 Å². The molecule has 0 aliphatic heterocycles. The van der Waals surface area contributed by atoms with Crippen LogP contribution in [0.3, 0.4) is 0 Å². The monoisotopic (exact) mass is 186 g/mol. The summed E-state index contributed by atoms with van der Waals surface area (Å²) in [6.45, 7) is 5.99. The SMILES string of the molecule is CC(C)C1(O)CCCC(C)(O)CC1. The van der Waals surface area contributed by atoms with Crippen LogP contribution in [0.2, 0.25) is 0 Å². The Labute approximate surface area is 81.0 Å². The summed E-state index contributed by atoms with van der Waals surface area (Å²) < 4.78 is 0. The lowest BCUT2D eigenvalue weighted by molar-refractivity contribution is -0.0283. The lowest BCUT2D eigenvalue weighted by Crippen LogP contribution is -2.35. The van der Waals surface area contributed by atoms with Gasteiger partial charge in [0.1, 0.15) is 0 Å². The van der Waals surface area contributed by atoms with Gasteiger partial charge in [-0.05, 0) is 44.9 Å². The largest absolute Gasteiger partial charge is 0.390 e. The third-order valence-electron chi connectivity index (χ3n) is 3.50. The summed E-state index contributed by atoms with van der Waals surface area (Å²) in [5.74, 6) is 0.293. The zero-order chi connectivity index (χ0) is 10.1. The molecule has 0 spiro atoms. The molecule has 0 aromatic carbocycles. The molecule has 0 aromatic heterocycles. The van der Waals surface area contributed by atoms with Crippen molar-refractivity contribution in [3.05, 3.63) is 0 Å². The smallest absolute Gasteiger partial charge is 0.0671 e. The van der Waals surface area contributed by atoms with Crippen molar-refractivity contribution in [3.63, 3.8) is 0 Å². The molecule has 2 N–H and O–H groups in total. The van der Waals surface area contributed by atoms with Crippen LogP contribution in [-0.2, 0) is 0 Å². The summed E-state index contributed by atoms with van der Waals surface area (Å²) in [7, 11) is 0. The third-order valence-corrected chi connectivity index (χ3v) is 3.50. The molecule has 0 radical (unpaired) electrons. The summed E-state index contributed by atoms with van der Waals surface area (Å²) in [5, 5.41) is 20.1. The third kappa shape index (κ3) is 2.68. The lowest BCUT2D eigenvalue weighted by Gasteiger charge is -2.31. The highest BCUT2D eigenvalue weighted by molar-refractivity contribution is 4.89. The van der Waals surface area contributed by atoms with Gasteiger partial charge in [0, 0.05) is 0 Å². The Morgan fingerprint density at radius 3 is 2.15 bits per heavy atom. The molecule has 0 heterocycles. The van der Waals surface area contributed by atoms with Gasteiger partial charge < -0.3 is 10.2 Å². The van der Waals surface area contributed by atoms with Crippen molar-refractivity contribution in [2.45, 2.75) is 64.1 Å². The van der Waals surface area contributed by atoms with E-state index in [4.69, 9.17) is 0 Å². The van der Waals surface area contributed by atoms with Crippen LogP contribution in [0.5, 0.6) is 0 Å². The van der Waals surface area contributed by atoms with Gasteiger partial charge in [-0.3, -0.25) is 0 Å². The van der Waals surface area contributed by atoms with E-state index in [-0.39, 0.29) is 0 Å². The van der Waals surface area contributed by atoms with Gasteiger partial charge in [-0.1, -0.05) is 13.8 Å². The first-order chi connectivity index (χ1) is 5.86. The summed E-state index contributed by atoms with van der Waals surface area (Å²) in [6.07, 6.45) is 4.05. The number of hydrogen-bond donors (Lipinski definition) is 2. The van der Waals surface area contributed by atoms with Gasteiger partial charge in [-0.15, -0.1) is 0 Å². The van der Waals surface area contributed by atoms with E-state index in [0.29, 0.717) is 5.92 Å². The minimum absolute atomic E-state index is 0.293. The van der Waals surface area contributed by atoms with Gasteiger partial charge in [0.15, 0.2) is 0 Å². The zero-order valence-corrected chi connectivity index (χ0v) is 9.01.